The van der Waals surface area contributed by atoms with Gasteiger partial charge >= 0.3 is 6.03 Å². The van der Waals surface area contributed by atoms with Crippen LogP contribution in [-0.4, -0.2) is 47.5 Å². The van der Waals surface area contributed by atoms with Crippen LogP contribution >= 0.6 is 0 Å². The van der Waals surface area contributed by atoms with Gasteiger partial charge in [0.2, 0.25) is 0 Å². The monoisotopic (exact) mass is 614 g/mol. The molecular weight excluding hydrogens is 580 g/mol. The van der Waals surface area contributed by atoms with E-state index in [1.807, 2.05) is 97.1 Å². The summed E-state index contributed by atoms with van der Waals surface area (Å²) in [6.45, 7) is 1.11. The van der Waals surface area contributed by atoms with E-state index in [1.54, 1.807) is 23.6 Å². The van der Waals surface area contributed by atoms with Crippen molar-refractivity contribution < 1.29 is 19.4 Å². The highest BCUT2D eigenvalue weighted by molar-refractivity contribution is 5.92. The molecule has 2 amide bonds. The largest absolute Gasteiger partial charge is 0.507 e. The molecule has 1 aliphatic rings. The number of nitrogens with one attached hydrogen (secondary N) is 2. The molecule has 6 aromatic rings. The van der Waals surface area contributed by atoms with Gasteiger partial charge in [-0.2, -0.15) is 0 Å². The van der Waals surface area contributed by atoms with E-state index in [9.17, 15) is 14.7 Å². The fraction of sp³-hybridized carbons (Fsp3) is 0.189. The Morgan fingerprint density at radius 3 is 2.48 bits per heavy atom. The maximum absolute atomic E-state index is 14.3. The van der Waals surface area contributed by atoms with Crippen molar-refractivity contribution in [2.45, 2.75) is 12.3 Å². The fourth-order valence-corrected chi connectivity index (χ4v) is 6.46. The third kappa shape index (κ3) is 4.99. The van der Waals surface area contributed by atoms with Gasteiger partial charge in [0.05, 0.1) is 17.0 Å². The standard InChI is InChI=1S/C37H34N4O5/c1-40(23-11-4-3-5-12-23)37(44)38-20-19-25-24-13-6-8-16-28(24)39-33(25)31(27-15-10-18-30-35(27)46-22-21-45-30)32-34(42)26-14-7-9-17-29(26)41(2)36(32)43/h3-18,31,39,42H,19-22H2,1-2H3,(H,38,44). The first kappa shape index (κ1) is 29.0. The lowest BCUT2D eigenvalue weighted by molar-refractivity contribution is 0.169. The zero-order valence-electron chi connectivity index (χ0n) is 25.6. The Balaban J connectivity index is 1.38. The Labute approximate surface area is 265 Å². The van der Waals surface area contributed by atoms with Crippen molar-refractivity contribution in [3.8, 4) is 17.2 Å². The molecule has 0 saturated heterocycles. The average molecular weight is 615 g/mol. The molecule has 0 saturated carbocycles. The van der Waals surface area contributed by atoms with Crippen LogP contribution in [0.15, 0.2) is 102 Å². The van der Waals surface area contributed by atoms with E-state index in [4.69, 9.17) is 9.47 Å². The predicted molar refractivity (Wildman–Crippen MR) is 179 cm³/mol. The summed E-state index contributed by atoms with van der Waals surface area (Å²) in [4.78, 5) is 32.5. The van der Waals surface area contributed by atoms with Crippen molar-refractivity contribution in [3.05, 3.63) is 130 Å². The minimum atomic E-state index is -0.745. The highest BCUT2D eigenvalue weighted by Crippen LogP contribution is 2.46. The molecule has 0 bridgehead atoms. The van der Waals surface area contributed by atoms with Gasteiger partial charge in [-0.1, -0.05) is 60.7 Å². The van der Waals surface area contributed by atoms with Crippen LogP contribution < -0.4 is 25.2 Å². The summed E-state index contributed by atoms with van der Waals surface area (Å²) < 4.78 is 13.7. The van der Waals surface area contributed by atoms with Crippen molar-refractivity contribution in [3.63, 3.8) is 0 Å². The second-order valence-corrected chi connectivity index (χ2v) is 11.4. The van der Waals surface area contributed by atoms with Gasteiger partial charge in [0.1, 0.15) is 19.0 Å². The number of hydrogen-bond acceptors (Lipinski definition) is 5. The van der Waals surface area contributed by atoms with E-state index >= 15 is 0 Å². The van der Waals surface area contributed by atoms with Crippen LogP contribution in [0.5, 0.6) is 17.2 Å². The molecule has 3 N–H and O–H groups in total. The Kier molecular flexibility index (Phi) is 7.58. The smallest absolute Gasteiger partial charge is 0.321 e. The van der Waals surface area contributed by atoms with Gasteiger partial charge in [-0.05, 0) is 48.4 Å². The molecule has 232 valence electrons. The van der Waals surface area contributed by atoms with E-state index in [1.165, 1.54) is 0 Å². The number of hydrogen-bond donors (Lipinski definition) is 3. The number of ether oxygens (including phenoxy) is 2. The number of amides is 2. The molecule has 0 spiro atoms. The SMILES string of the molecule is CN(C(=O)NCCc1c(C(c2cccc3c2OCCO3)c2c(O)c3ccccc3n(C)c2=O)[nH]c2ccccc12)c1ccccc1. The molecule has 4 aromatic carbocycles. The predicted octanol–water partition coefficient (Wildman–Crippen LogP) is 6.07. The van der Waals surface area contributed by atoms with E-state index in [0.29, 0.717) is 54.1 Å². The molecule has 0 aliphatic carbocycles. The van der Waals surface area contributed by atoms with Crippen LogP contribution in [0.3, 0.4) is 0 Å². The first-order chi connectivity index (χ1) is 22.4. The van der Waals surface area contributed by atoms with E-state index in [0.717, 1.165) is 27.8 Å². The number of pyridine rings is 1. The molecule has 1 atom stereocenters. The van der Waals surface area contributed by atoms with Crippen LogP contribution in [0.25, 0.3) is 21.8 Å². The van der Waals surface area contributed by atoms with Gasteiger partial charge in [-0.3, -0.25) is 9.69 Å². The third-order valence-corrected chi connectivity index (χ3v) is 8.74. The first-order valence-electron chi connectivity index (χ1n) is 15.3. The maximum atomic E-state index is 14.3. The van der Waals surface area contributed by atoms with Gasteiger partial charge in [-0.25, -0.2) is 4.79 Å². The molecule has 9 heteroatoms. The zero-order chi connectivity index (χ0) is 31.8. The van der Waals surface area contributed by atoms with Crippen LogP contribution in [0.2, 0.25) is 0 Å². The van der Waals surface area contributed by atoms with Crippen LogP contribution in [0.1, 0.15) is 28.3 Å². The number of aromatic amines is 1. The molecule has 1 aliphatic heterocycles. The first-order valence-corrected chi connectivity index (χ1v) is 15.3. The molecule has 3 heterocycles. The van der Waals surface area contributed by atoms with Crippen LogP contribution in [-0.2, 0) is 13.5 Å². The quantitative estimate of drug-likeness (QED) is 0.203. The summed E-state index contributed by atoms with van der Waals surface area (Å²) in [5.74, 6) is 0.293. The number of aromatic hydroxyl groups is 1. The molecular formula is C37H34N4O5. The van der Waals surface area contributed by atoms with E-state index in [-0.39, 0.29) is 22.9 Å². The second kappa shape index (κ2) is 12.0. The number of fused-ring (bicyclic) bond motifs is 3. The van der Waals surface area contributed by atoms with Crippen molar-refractivity contribution >= 4 is 33.5 Å². The summed E-state index contributed by atoms with van der Waals surface area (Å²) in [5.41, 5.74) is 4.55. The number of benzene rings is 4. The minimum absolute atomic E-state index is 0.0829. The number of anilines is 1. The normalized spacial score (nSPS) is 13.1. The molecule has 7 rings (SSSR count). The van der Waals surface area contributed by atoms with Crippen LogP contribution in [0, 0.1) is 0 Å². The highest BCUT2D eigenvalue weighted by Gasteiger charge is 2.34. The number of nitrogens with zero attached hydrogens (tertiary/aromatic N) is 2. The van der Waals surface area contributed by atoms with E-state index in [2.05, 4.69) is 10.3 Å². The summed E-state index contributed by atoms with van der Waals surface area (Å²) in [6.07, 6.45) is 0.464. The lowest BCUT2D eigenvalue weighted by Crippen LogP contribution is -2.38. The molecule has 2 aromatic heterocycles. The topological polar surface area (TPSA) is 109 Å². The number of carbonyl (C=O) groups excluding carboxylic acids is 1. The zero-order valence-corrected chi connectivity index (χ0v) is 25.6. The molecule has 1 unspecified atom stereocenters. The minimum Gasteiger partial charge on any atom is -0.507 e. The van der Waals surface area contributed by atoms with Gasteiger partial charge in [0.15, 0.2) is 11.5 Å². The number of urea groups is 1. The van der Waals surface area contributed by atoms with Crippen molar-refractivity contribution in [2.75, 3.05) is 31.7 Å². The highest BCUT2D eigenvalue weighted by atomic mass is 16.6. The van der Waals surface area contributed by atoms with Crippen LogP contribution in [0.4, 0.5) is 10.5 Å². The molecule has 9 nitrogen and oxygen atoms in total. The molecule has 0 radical (unpaired) electrons. The number of carbonyl (C=O) groups is 1. The number of H-pyrrole nitrogens is 1. The Morgan fingerprint density at radius 2 is 1.65 bits per heavy atom. The Morgan fingerprint density at radius 1 is 0.935 bits per heavy atom. The van der Waals surface area contributed by atoms with Gasteiger partial charge in [0.25, 0.3) is 5.56 Å². The summed E-state index contributed by atoms with van der Waals surface area (Å²) in [7, 11) is 3.45. The summed E-state index contributed by atoms with van der Waals surface area (Å²) >= 11 is 0. The number of aromatic nitrogens is 2. The fourth-order valence-electron chi connectivity index (χ4n) is 6.46. The lowest BCUT2D eigenvalue weighted by Gasteiger charge is -2.27. The number of rotatable bonds is 7. The number of para-hydroxylation sites is 4. The maximum Gasteiger partial charge on any atom is 0.321 e. The van der Waals surface area contributed by atoms with Gasteiger partial charge < -0.3 is 29.4 Å². The lowest BCUT2D eigenvalue weighted by atomic mass is 9.84. The summed E-state index contributed by atoms with van der Waals surface area (Å²) in [5, 5.41) is 16.5. The van der Waals surface area contributed by atoms with E-state index < -0.39 is 5.92 Å². The van der Waals surface area contributed by atoms with Gasteiger partial charge in [-0.15, -0.1) is 0 Å². The average Bonchev–Trinajstić information content (AvgIpc) is 3.46. The Hall–Kier alpha value is -5.70. The molecule has 0 fully saturated rings. The summed E-state index contributed by atoms with van der Waals surface area (Å²) in [6, 6.07) is 30.1. The van der Waals surface area contributed by atoms with Gasteiger partial charge in [0, 0.05) is 53.9 Å². The Bertz CT molecular complexity index is 2140. The second-order valence-electron chi connectivity index (χ2n) is 11.4. The van der Waals surface area contributed by atoms with Crippen molar-refractivity contribution in [1.82, 2.24) is 14.9 Å². The van der Waals surface area contributed by atoms with Crippen molar-refractivity contribution in [2.24, 2.45) is 7.05 Å². The van der Waals surface area contributed by atoms with Crippen molar-refractivity contribution in [1.29, 1.82) is 0 Å². The molecule has 46 heavy (non-hydrogen) atoms. The third-order valence-electron chi connectivity index (χ3n) is 8.74. The number of aryl methyl sites for hydroxylation is 1.